The summed E-state index contributed by atoms with van der Waals surface area (Å²) < 4.78 is 0. The van der Waals surface area contributed by atoms with Crippen molar-refractivity contribution in [1.29, 1.82) is 0 Å². The summed E-state index contributed by atoms with van der Waals surface area (Å²) in [5, 5.41) is 11.4. The third kappa shape index (κ3) is 2.66. The standard InChI is InChI=1S/C13H12Cl2OS/c1-7-5-11(8(2)17-7)13(16)10-4-3-9(14)6-12(10)15/h3-6,13,16H,1-2H3. The first-order valence-electron chi connectivity index (χ1n) is 5.19. The second-order valence-electron chi connectivity index (χ2n) is 3.94. The SMILES string of the molecule is Cc1cc(C(O)c2ccc(Cl)cc2Cl)c(C)s1. The Morgan fingerprint density at radius 1 is 1.12 bits per heavy atom. The van der Waals surface area contributed by atoms with Crippen molar-refractivity contribution < 1.29 is 5.11 Å². The quantitative estimate of drug-likeness (QED) is 0.844. The molecule has 0 aliphatic carbocycles. The van der Waals surface area contributed by atoms with Crippen LogP contribution in [0, 0.1) is 13.8 Å². The summed E-state index contributed by atoms with van der Waals surface area (Å²) in [4.78, 5) is 2.29. The summed E-state index contributed by atoms with van der Waals surface area (Å²) in [7, 11) is 0. The van der Waals surface area contributed by atoms with Gasteiger partial charge in [-0.05, 0) is 37.6 Å². The lowest BCUT2D eigenvalue weighted by molar-refractivity contribution is 0.220. The van der Waals surface area contributed by atoms with Crippen LogP contribution in [-0.2, 0) is 0 Å². The molecule has 4 heteroatoms. The first kappa shape index (κ1) is 12.9. The van der Waals surface area contributed by atoms with E-state index in [2.05, 4.69) is 0 Å². The van der Waals surface area contributed by atoms with Crippen molar-refractivity contribution in [2.75, 3.05) is 0 Å². The first-order chi connectivity index (χ1) is 7.99. The van der Waals surface area contributed by atoms with Crippen LogP contribution in [0.4, 0.5) is 0 Å². The topological polar surface area (TPSA) is 20.2 Å². The van der Waals surface area contributed by atoms with Crippen LogP contribution in [0.2, 0.25) is 10.0 Å². The molecule has 0 aliphatic heterocycles. The van der Waals surface area contributed by atoms with Gasteiger partial charge in [0.2, 0.25) is 0 Å². The molecule has 0 bridgehead atoms. The van der Waals surface area contributed by atoms with Crippen molar-refractivity contribution in [3.8, 4) is 0 Å². The summed E-state index contributed by atoms with van der Waals surface area (Å²) in [6.07, 6.45) is -0.690. The molecule has 2 rings (SSSR count). The largest absolute Gasteiger partial charge is 0.384 e. The van der Waals surface area contributed by atoms with E-state index in [-0.39, 0.29) is 0 Å². The molecule has 1 aromatic carbocycles. The molecule has 1 unspecified atom stereocenters. The predicted octanol–water partition coefficient (Wildman–Crippen LogP) is 4.75. The lowest BCUT2D eigenvalue weighted by Crippen LogP contribution is -2.00. The van der Waals surface area contributed by atoms with Gasteiger partial charge < -0.3 is 5.11 Å². The van der Waals surface area contributed by atoms with Crippen molar-refractivity contribution in [3.63, 3.8) is 0 Å². The zero-order valence-corrected chi connectivity index (χ0v) is 11.8. The minimum atomic E-state index is -0.690. The Hall–Kier alpha value is -0.540. The van der Waals surface area contributed by atoms with Crippen LogP contribution in [0.25, 0.3) is 0 Å². The zero-order valence-electron chi connectivity index (χ0n) is 9.50. The van der Waals surface area contributed by atoms with Gasteiger partial charge in [0.1, 0.15) is 6.10 Å². The number of aryl methyl sites for hydroxylation is 2. The Kier molecular flexibility index (Phi) is 3.79. The molecule has 2 aromatic rings. The molecule has 0 spiro atoms. The van der Waals surface area contributed by atoms with Gasteiger partial charge >= 0.3 is 0 Å². The van der Waals surface area contributed by atoms with Gasteiger partial charge in [-0.3, -0.25) is 0 Å². The van der Waals surface area contributed by atoms with Crippen LogP contribution in [-0.4, -0.2) is 5.11 Å². The van der Waals surface area contributed by atoms with E-state index in [4.69, 9.17) is 23.2 Å². The first-order valence-corrected chi connectivity index (χ1v) is 6.76. The van der Waals surface area contributed by atoms with E-state index in [0.717, 1.165) is 10.4 Å². The number of thiophene rings is 1. The van der Waals surface area contributed by atoms with Crippen molar-refractivity contribution in [1.82, 2.24) is 0 Å². The number of hydrogen-bond acceptors (Lipinski definition) is 2. The van der Waals surface area contributed by atoms with Crippen molar-refractivity contribution in [2.24, 2.45) is 0 Å². The smallest absolute Gasteiger partial charge is 0.107 e. The van der Waals surface area contributed by atoms with Gasteiger partial charge in [-0.25, -0.2) is 0 Å². The molecular formula is C13H12Cl2OS. The van der Waals surface area contributed by atoms with E-state index >= 15 is 0 Å². The average molecular weight is 287 g/mol. The molecule has 90 valence electrons. The van der Waals surface area contributed by atoms with Crippen molar-refractivity contribution in [2.45, 2.75) is 20.0 Å². The second kappa shape index (κ2) is 4.99. The molecule has 0 radical (unpaired) electrons. The van der Waals surface area contributed by atoms with Crippen LogP contribution >= 0.6 is 34.5 Å². The maximum Gasteiger partial charge on any atom is 0.107 e. The summed E-state index contributed by atoms with van der Waals surface area (Å²) in [5.41, 5.74) is 1.61. The van der Waals surface area contributed by atoms with Gasteiger partial charge in [0, 0.05) is 25.4 Å². The van der Waals surface area contributed by atoms with E-state index in [0.29, 0.717) is 15.6 Å². The van der Waals surface area contributed by atoms with Gasteiger partial charge in [0.05, 0.1) is 0 Å². The van der Waals surface area contributed by atoms with Crippen molar-refractivity contribution >= 4 is 34.5 Å². The third-order valence-corrected chi connectivity index (χ3v) is 4.18. The van der Waals surface area contributed by atoms with Gasteiger partial charge in [-0.1, -0.05) is 29.3 Å². The minimum absolute atomic E-state index is 0.494. The molecule has 1 atom stereocenters. The van der Waals surface area contributed by atoms with Crippen LogP contribution in [0.1, 0.15) is 27.0 Å². The van der Waals surface area contributed by atoms with E-state index in [1.54, 1.807) is 29.5 Å². The number of hydrogen-bond donors (Lipinski definition) is 1. The van der Waals surface area contributed by atoms with Crippen molar-refractivity contribution in [3.05, 3.63) is 55.2 Å². The van der Waals surface area contributed by atoms with Gasteiger partial charge in [0.25, 0.3) is 0 Å². The van der Waals surface area contributed by atoms with E-state index in [1.807, 2.05) is 19.9 Å². The highest BCUT2D eigenvalue weighted by Gasteiger charge is 2.17. The lowest BCUT2D eigenvalue weighted by Gasteiger charge is -2.12. The van der Waals surface area contributed by atoms with Crippen LogP contribution in [0.15, 0.2) is 24.3 Å². The normalized spacial score (nSPS) is 12.8. The Morgan fingerprint density at radius 3 is 2.35 bits per heavy atom. The molecule has 0 amide bonds. The third-order valence-electron chi connectivity index (χ3n) is 2.63. The Bertz CT molecular complexity index is 548. The fourth-order valence-corrected chi connectivity index (χ4v) is 3.28. The van der Waals surface area contributed by atoms with Crippen LogP contribution < -0.4 is 0 Å². The van der Waals surface area contributed by atoms with Gasteiger partial charge in [-0.15, -0.1) is 11.3 Å². The molecular weight excluding hydrogens is 275 g/mol. The lowest BCUT2D eigenvalue weighted by atomic mass is 10.0. The van der Waals surface area contributed by atoms with Gasteiger partial charge in [0.15, 0.2) is 0 Å². The highest BCUT2D eigenvalue weighted by molar-refractivity contribution is 7.12. The second-order valence-corrected chi connectivity index (χ2v) is 6.24. The molecule has 0 aliphatic rings. The Morgan fingerprint density at radius 2 is 1.82 bits per heavy atom. The van der Waals surface area contributed by atoms with Crippen LogP contribution in [0.3, 0.4) is 0 Å². The highest BCUT2D eigenvalue weighted by Crippen LogP contribution is 2.34. The van der Waals surface area contributed by atoms with Gasteiger partial charge in [-0.2, -0.15) is 0 Å². The maximum atomic E-state index is 10.3. The average Bonchev–Trinajstić information content (AvgIpc) is 2.57. The predicted molar refractivity (Wildman–Crippen MR) is 74.3 cm³/mol. The van der Waals surface area contributed by atoms with Crippen LogP contribution in [0.5, 0.6) is 0 Å². The molecule has 0 saturated carbocycles. The molecule has 1 aromatic heterocycles. The van der Waals surface area contributed by atoms with E-state index in [9.17, 15) is 5.11 Å². The molecule has 1 N–H and O–H groups in total. The Labute approximate surface area is 115 Å². The summed E-state index contributed by atoms with van der Waals surface area (Å²) >= 11 is 13.6. The summed E-state index contributed by atoms with van der Waals surface area (Å²) in [6, 6.07) is 7.15. The van der Waals surface area contributed by atoms with E-state index in [1.165, 1.54) is 4.88 Å². The summed E-state index contributed by atoms with van der Waals surface area (Å²) in [5.74, 6) is 0. The monoisotopic (exact) mass is 286 g/mol. The zero-order chi connectivity index (χ0) is 12.6. The molecule has 0 fully saturated rings. The number of rotatable bonds is 2. The maximum absolute atomic E-state index is 10.3. The number of aliphatic hydroxyl groups excluding tert-OH is 1. The summed E-state index contributed by atoms with van der Waals surface area (Å²) in [6.45, 7) is 4.03. The Balaban J connectivity index is 2.43. The number of halogens is 2. The number of aliphatic hydroxyl groups is 1. The fourth-order valence-electron chi connectivity index (χ4n) is 1.81. The molecule has 0 saturated heterocycles. The fraction of sp³-hybridized carbons (Fsp3) is 0.231. The number of benzene rings is 1. The molecule has 17 heavy (non-hydrogen) atoms. The highest BCUT2D eigenvalue weighted by atomic mass is 35.5. The molecule has 1 heterocycles. The minimum Gasteiger partial charge on any atom is -0.384 e. The van der Waals surface area contributed by atoms with E-state index < -0.39 is 6.10 Å². The molecule has 1 nitrogen and oxygen atoms in total.